The molecule has 0 radical (unpaired) electrons. The molecule has 0 heterocycles. The van der Waals surface area contributed by atoms with Crippen LogP contribution >= 0.6 is 0 Å². The van der Waals surface area contributed by atoms with Gasteiger partial charge in [0, 0.05) is 30.4 Å². The first-order chi connectivity index (χ1) is 12.7. The maximum Gasteiger partial charge on any atom is 0.243 e. The lowest BCUT2D eigenvalue weighted by Crippen LogP contribution is -2.41. The number of carbonyl (C=O) groups is 1. The van der Waals surface area contributed by atoms with Crippen molar-refractivity contribution in [1.82, 2.24) is 10.6 Å². The second kappa shape index (κ2) is 9.74. The van der Waals surface area contributed by atoms with Crippen molar-refractivity contribution in [2.24, 2.45) is 4.99 Å². The molecular formula is C20H22N4O2. The molecule has 2 aromatic carbocycles. The average Bonchev–Trinajstić information content (AvgIpc) is 2.68. The van der Waals surface area contributed by atoms with Gasteiger partial charge in [-0.05, 0) is 24.3 Å². The van der Waals surface area contributed by atoms with E-state index in [0.717, 1.165) is 11.3 Å². The highest BCUT2D eigenvalue weighted by atomic mass is 16.5. The molecule has 0 aliphatic carbocycles. The summed E-state index contributed by atoms with van der Waals surface area (Å²) in [6, 6.07) is 14.8. The number of aliphatic imine (C=N–C) groups is 1. The summed E-state index contributed by atoms with van der Waals surface area (Å²) in [5.74, 6) is 3.65. The summed E-state index contributed by atoms with van der Waals surface area (Å²) in [4.78, 5) is 16.2. The third-order valence-electron chi connectivity index (χ3n) is 3.59. The number of rotatable bonds is 6. The Morgan fingerprint density at radius 2 is 2.00 bits per heavy atom. The van der Waals surface area contributed by atoms with E-state index >= 15 is 0 Å². The number of nitrogens with one attached hydrogen (secondary N) is 3. The Kier molecular flexibility index (Phi) is 7.07. The summed E-state index contributed by atoms with van der Waals surface area (Å²) in [7, 11) is 3.28. The molecular weight excluding hydrogens is 328 g/mol. The van der Waals surface area contributed by atoms with Crippen LogP contribution in [-0.2, 0) is 11.3 Å². The quantitative estimate of drug-likeness (QED) is 0.423. The molecule has 0 spiro atoms. The topological polar surface area (TPSA) is 74.8 Å². The summed E-state index contributed by atoms with van der Waals surface area (Å²) < 4.78 is 5.32. The predicted octanol–water partition coefficient (Wildman–Crippen LogP) is 1.98. The molecule has 6 heteroatoms. The van der Waals surface area contributed by atoms with Crippen LogP contribution in [0.1, 0.15) is 11.1 Å². The number of hydrogen-bond donors (Lipinski definition) is 3. The third kappa shape index (κ3) is 5.56. The van der Waals surface area contributed by atoms with Crippen LogP contribution in [0.3, 0.4) is 0 Å². The molecule has 1 amide bonds. The summed E-state index contributed by atoms with van der Waals surface area (Å²) in [6.45, 7) is 0.599. The van der Waals surface area contributed by atoms with Crippen molar-refractivity contribution in [2.75, 3.05) is 26.0 Å². The van der Waals surface area contributed by atoms with Crippen molar-refractivity contribution in [2.45, 2.75) is 6.54 Å². The van der Waals surface area contributed by atoms with E-state index in [0.29, 0.717) is 23.8 Å². The lowest BCUT2D eigenvalue weighted by atomic mass is 10.2. The fourth-order valence-corrected chi connectivity index (χ4v) is 2.30. The van der Waals surface area contributed by atoms with Gasteiger partial charge in [0.1, 0.15) is 5.75 Å². The van der Waals surface area contributed by atoms with Gasteiger partial charge in [0.05, 0.1) is 13.7 Å². The second-order valence-corrected chi connectivity index (χ2v) is 5.36. The van der Waals surface area contributed by atoms with Gasteiger partial charge in [-0.2, -0.15) is 0 Å². The van der Waals surface area contributed by atoms with E-state index in [9.17, 15) is 4.79 Å². The molecule has 0 bridgehead atoms. The van der Waals surface area contributed by atoms with Gasteiger partial charge < -0.3 is 20.7 Å². The molecule has 0 unspecified atom stereocenters. The Balaban J connectivity index is 1.84. The molecule has 134 valence electrons. The second-order valence-electron chi connectivity index (χ2n) is 5.36. The number of hydrogen-bond acceptors (Lipinski definition) is 3. The molecule has 6 nitrogen and oxygen atoms in total. The van der Waals surface area contributed by atoms with E-state index < -0.39 is 0 Å². The number of terminal acetylenes is 1. The number of ether oxygens (including phenoxy) is 1. The molecule has 3 N–H and O–H groups in total. The number of benzene rings is 2. The number of guanidine groups is 1. The lowest BCUT2D eigenvalue weighted by molar-refractivity contribution is -0.115. The fraction of sp³-hybridized carbons (Fsp3) is 0.200. The van der Waals surface area contributed by atoms with Gasteiger partial charge >= 0.3 is 0 Å². The number of para-hydroxylation sites is 1. The smallest absolute Gasteiger partial charge is 0.243 e. The molecule has 26 heavy (non-hydrogen) atoms. The molecule has 0 atom stereocenters. The Morgan fingerprint density at radius 1 is 1.19 bits per heavy atom. The van der Waals surface area contributed by atoms with Crippen LogP contribution in [0.2, 0.25) is 0 Å². The SMILES string of the molecule is C#Cc1cccc(NC(=O)CNC(=NC)NCc2ccccc2OC)c1. The normalized spacial score (nSPS) is 10.6. The van der Waals surface area contributed by atoms with Gasteiger partial charge in [-0.3, -0.25) is 9.79 Å². The number of anilines is 1. The highest BCUT2D eigenvalue weighted by Crippen LogP contribution is 2.16. The van der Waals surface area contributed by atoms with Crippen LogP contribution in [0, 0.1) is 12.3 Å². The van der Waals surface area contributed by atoms with E-state index in [4.69, 9.17) is 11.2 Å². The van der Waals surface area contributed by atoms with E-state index in [-0.39, 0.29) is 12.5 Å². The Labute approximate surface area is 153 Å². The Morgan fingerprint density at radius 3 is 2.73 bits per heavy atom. The molecule has 0 fully saturated rings. The van der Waals surface area contributed by atoms with Crippen LogP contribution in [-0.4, -0.2) is 32.6 Å². The first-order valence-electron chi connectivity index (χ1n) is 8.09. The lowest BCUT2D eigenvalue weighted by Gasteiger charge is -2.13. The zero-order valence-electron chi connectivity index (χ0n) is 14.9. The number of methoxy groups -OCH3 is 1. The minimum atomic E-state index is -0.195. The number of nitrogens with zero attached hydrogens (tertiary/aromatic N) is 1. The van der Waals surface area contributed by atoms with Gasteiger partial charge in [0.2, 0.25) is 5.91 Å². The van der Waals surface area contributed by atoms with Crippen LogP contribution in [0.15, 0.2) is 53.5 Å². The maximum atomic E-state index is 12.1. The predicted molar refractivity (Wildman–Crippen MR) is 104 cm³/mol. The molecule has 2 rings (SSSR count). The highest BCUT2D eigenvalue weighted by molar-refractivity contribution is 5.95. The first kappa shape index (κ1) is 18.9. The fourth-order valence-electron chi connectivity index (χ4n) is 2.30. The maximum absolute atomic E-state index is 12.1. The van der Waals surface area contributed by atoms with Gasteiger partial charge in [-0.15, -0.1) is 6.42 Å². The van der Waals surface area contributed by atoms with Crippen molar-refractivity contribution in [3.05, 3.63) is 59.7 Å². The molecule has 0 aliphatic rings. The largest absolute Gasteiger partial charge is 0.496 e. The van der Waals surface area contributed by atoms with E-state index in [1.165, 1.54) is 0 Å². The van der Waals surface area contributed by atoms with Crippen molar-refractivity contribution in [3.63, 3.8) is 0 Å². The minimum Gasteiger partial charge on any atom is -0.496 e. The van der Waals surface area contributed by atoms with Crippen LogP contribution in [0.5, 0.6) is 5.75 Å². The molecule has 2 aromatic rings. The third-order valence-corrected chi connectivity index (χ3v) is 3.59. The molecule has 0 saturated carbocycles. The minimum absolute atomic E-state index is 0.0753. The highest BCUT2D eigenvalue weighted by Gasteiger charge is 2.06. The van der Waals surface area contributed by atoms with Crippen molar-refractivity contribution in [3.8, 4) is 18.1 Å². The number of amides is 1. The summed E-state index contributed by atoms with van der Waals surface area (Å²) in [6.07, 6.45) is 5.36. The van der Waals surface area contributed by atoms with Crippen LogP contribution in [0.25, 0.3) is 0 Å². The van der Waals surface area contributed by atoms with E-state index in [2.05, 4.69) is 26.9 Å². The molecule has 0 aromatic heterocycles. The summed E-state index contributed by atoms with van der Waals surface area (Å²) in [5, 5.41) is 8.91. The van der Waals surface area contributed by atoms with Gasteiger partial charge in [0.15, 0.2) is 5.96 Å². The summed E-state index contributed by atoms with van der Waals surface area (Å²) in [5.41, 5.74) is 2.36. The van der Waals surface area contributed by atoms with Crippen molar-refractivity contribution < 1.29 is 9.53 Å². The Hall–Kier alpha value is -3.46. The van der Waals surface area contributed by atoms with Crippen molar-refractivity contribution >= 4 is 17.6 Å². The van der Waals surface area contributed by atoms with Crippen LogP contribution in [0.4, 0.5) is 5.69 Å². The monoisotopic (exact) mass is 350 g/mol. The average molecular weight is 350 g/mol. The van der Waals surface area contributed by atoms with Crippen molar-refractivity contribution in [1.29, 1.82) is 0 Å². The zero-order chi connectivity index (χ0) is 18.8. The summed E-state index contributed by atoms with van der Waals surface area (Å²) >= 11 is 0. The first-order valence-corrected chi connectivity index (χ1v) is 8.09. The van der Waals surface area contributed by atoms with E-state index in [1.54, 1.807) is 38.4 Å². The molecule has 0 aliphatic heterocycles. The van der Waals surface area contributed by atoms with Gasteiger partial charge in [0.25, 0.3) is 0 Å². The molecule has 0 saturated heterocycles. The number of carbonyl (C=O) groups excluding carboxylic acids is 1. The van der Waals surface area contributed by atoms with Gasteiger partial charge in [-0.1, -0.05) is 30.2 Å². The Bertz CT molecular complexity index is 825. The van der Waals surface area contributed by atoms with Gasteiger partial charge in [-0.25, -0.2) is 0 Å². The van der Waals surface area contributed by atoms with E-state index in [1.807, 2.05) is 24.3 Å². The van der Waals surface area contributed by atoms with Crippen LogP contribution < -0.4 is 20.7 Å². The zero-order valence-corrected chi connectivity index (χ0v) is 14.9. The standard InChI is InChI=1S/C20H22N4O2/c1-4-15-8-7-10-17(12-15)24-19(25)14-23-20(21-2)22-13-16-9-5-6-11-18(16)26-3/h1,5-12H,13-14H2,2-3H3,(H,24,25)(H2,21,22,23).